The molecule has 3 heteroatoms. The van der Waals surface area contributed by atoms with Crippen LogP contribution < -0.4 is 0 Å². The summed E-state index contributed by atoms with van der Waals surface area (Å²) in [6.45, 7) is 0. The average molecular weight is 474 g/mol. The van der Waals surface area contributed by atoms with Crippen LogP contribution in [0.5, 0.6) is 0 Å². The second-order valence-electron chi connectivity index (χ2n) is 9.15. The van der Waals surface area contributed by atoms with Crippen LogP contribution in [0.3, 0.4) is 0 Å². The summed E-state index contributed by atoms with van der Waals surface area (Å²) >= 11 is 0. The Balaban J connectivity index is 1.37. The Morgan fingerprint density at radius 2 is 1.05 bits per heavy atom. The van der Waals surface area contributed by atoms with Crippen LogP contribution in [0.1, 0.15) is 0 Å². The number of fused-ring (bicyclic) bond motifs is 3. The first-order valence-electron chi connectivity index (χ1n) is 12.4. The molecule has 174 valence electrons. The molecule has 4 aromatic carbocycles. The van der Waals surface area contributed by atoms with E-state index in [4.69, 9.17) is 4.98 Å². The lowest BCUT2D eigenvalue weighted by Gasteiger charge is -2.12. The first-order valence-corrected chi connectivity index (χ1v) is 12.4. The van der Waals surface area contributed by atoms with E-state index in [1.54, 1.807) is 0 Å². The normalized spacial score (nSPS) is 11.2. The van der Waals surface area contributed by atoms with Gasteiger partial charge in [-0.2, -0.15) is 0 Å². The molecule has 0 atom stereocenters. The molecule has 0 fully saturated rings. The van der Waals surface area contributed by atoms with Gasteiger partial charge in [0.05, 0.1) is 28.6 Å². The van der Waals surface area contributed by atoms with Crippen LogP contribution in [-0.4, -0.2) is 14.5 Å². The highest BCUT2D eigenvalue weighted by Gasteiger charge is 2.13. The molecule has 0 spiro atoms. The fraction of sp³-hybridized carbons (Fsp3) is 0. The minimum absolute atomic E-state index is 0.967. The van der Waals surface area contributed by atoms with E-state index in [9.17, 15) is 0 Å². The molecule has 37 heavy (non-hydrogen) atoms. The van der Waals surface area contributed by atoms with Crippen molar-refractivity contribution in [1.29, 1.82) is 0 Å². The largest absolute Gasteiger partial charge is 0.308 e. The van der Waals surface area contributed by atoms with Crippen molar-refractivity contribution >= 4 is 21.8 Å². The molecular formula is C34H23N3. The molecule has 0 aliphatic heterocycles. The molecule has 0 N–H and O–H groups in total. The van der Waals surface area contributed by atoms with Gasteiger partial charge in [0.2, 0.25) is 0 Å². The van der Waals surface area contributed by atoms with Crippen molar-refractivity contribution in [3.8, 4) is 39.3 Å². The highest BCUT2D eigenvalue weighted by atomic mass is 15.0. The molecule has 0 bridgehead atoms. The number of pyridine rings is 2. The summed E-state index contributed by atoms with van der Waals surface area (Å²) in [5, 5.41) is 2.45. The van der Waals surface area contributed by atoms with Gasteiger partial charge in [0, 0.05) is 33.8 Å². The van der Waals surface area contributed by atoms with E-state index in [2.05, 4.69) is 125 Å². The van der Waals surface area contributed by atoms with E-state index in [-0.39, 0.29) is 0 Å². The molecule has 0 saturated carbocycles. The smallest absolute Gasteiger partial charge is 0.0724 e. The molecule has 0 unspecified atom stereocenters. The van der Waals surface area contributed by atoms with E-state index in [0.29, 0.717) is 0 Å². The van der Waals surface area contributed by atoms with Crippen LogP contribution in [0.2, 0.25) is 0 Å². The van der Waals surface area contributed by atoms with Crippen LogP contribution >= 0.6 is 0 Å². The molecule has 0 radical (unpaired) electrons. The molecular weight excluding hydrogens is 450 g/mol. The highest BCUT2D eigenvalue weighted by molar-refractivity contribution is 6.08. The standard InChI is InChI=1S/C34H23N3/c1-3-9-25(10-4-1)31-21-27(22-32(36-31)26-11-5-2-6-12-26)24-15-17-28(18-16-24)37-33-14-8-7-13-29(33)30-19-20-35-23-34(30)37/h1-23H. The van der Waals surface area contributed by atoms with Gasteiger partial charge in [0.25, 0.3) is 0 Å². The zero-order chi connectivity index (χ0) is 24.6. The van der Waals surface area contributed by atoms with E-state index < -0.39 is 0 Å². The third-order valence-electron chi connectivity index (χ3n) is 6.90. The van der Waals surface area contributed by atoms with Gasteiger partial charge in [-0.25, -0.2) is 4.98 Å². The Morgan fingerprint density at radius 1 is 0.459 bits per heavy atom. The van der Waals surface area contributed by atoms with Gasteiger partial charge in [-0.15, -0.1) is 0 Å². The molecule has 3 nitrogen and oxygen atoms in total. The molecule has 7 rings (SSSR count). The number of nitrogens with zero attached hydrogens (tertiary/aromatic N) is 3. The fourth-order valence-corrected chi connectivity index (χ4v) is 5.11. The first kappa shape index (κ1) is 21.3. The molecule has 0 amide bonds. The van der Waals surface area contributed by atoms with Gasteiger partial charge in [0.1, 0.15) is 0 Å². The zero-order valence-electron chi connectivity index (χ0n) is 20.1. The van der Waals surface area contributed by atoms with Crippen molar-refractivity contribution in [2.45, 2.75) is 0 Å². The Bertz CT molecular complexity index is 1740. The maximum absolute atomic E-state index is 5.01. The van der Waals surface area contributed by atoms with Gasteiger partial charge in [-0.1, -0.05) is 91.0 Å². The number of hydrogen-bond donors (Lipinski definition) is 0. The summed E-state index contributed by atoms with van der Waals surface area (Å²) in [5.74, 6) is 0. The van der Waals surface area contributed by atoms with Gasteiger partial charge in [-0.05, 0) is 47.5 Å². The lowest BCUT2D eigenvalue weighted by atomic mass is 10.00. The van der Waals surface area contributed by atoms with Gasteiger partial charge >= 0.3 is 0 Å². The van der Waals surface area contributed by atoms with Gasteiger partial charge in [-0.3, -0.25) is 4.98 Å². The van der Waals surface area contributed by atoms with Gasteiger partial charge in [0.15, 0.2) is 0 Å². The lowest BCUT2D eigenvalue weighted by Crippen LogP contribution is -1.94. The van der Waals surface area contributed by atoms with E-state index in [0.717, 1.165) is 44.8 Å². The third kappa shape index (κ3) is 3.78. The summed E-state index contributed by atoms with van der Waals surface area (Å²) in [6, 6.07) is 44.5. The van der Waals surface area contributed by atoms with Gasteiger partial charge < -0.3 is 4.57 Å². The highest BCUT2D eigenvalue weighted by Crippen LogP contribution is 2.34. The predicted octanol–water partition coefficient (Wildman–Crippen LogP) is 8.57. The maximum Gasteiger partial charge on any atom is 0.0724 e. The topological polar surface area (TPSA) is 30.7 Å². The maximum atomic E-state index is 5.01. The summed E-state index contributed by atoms with van der Waals surface area (Å²) in [5.41, 5.74) is 9.85. The van der Waals surface area contributed by atoms with Crippen molar-refractivity contribution in [1.82, 2.24) is 14.5 Å². The SMILES string of the molecule is c1ccc(-c2cc(-c3ccc(-n4c5ccccc5c5ccncc54)cc3)cc(-c3ccccc3)n2)cc1. The summed E-state index contributed by atoms with van der Waals surface area (Å²) in [7, 11) is 0. The van der Waals surface area contributed by atoms with Crippen LogP contribution in [0, 0.1) is 0 Å². The number of para-hydroxylation sites is 1. The van der Waals surface area contributed by atoms with Crippen LogP contribution in [0.25, 0.3) is 61.1 Å². The number of rotatable bonds is 4. The minimum Gasteiger partial charge on any atom is -0.308 e. The molecule has 3 aromatic heterocycles. The zero-order valence-corrected chi connectivity index (χ0v) is 20.1. The molecule has 0 aliphatic carbocycles. The van der Waals surface area contributed by atoms with Crippen LogP contribution in [0.15, 0.2) is 140 Å². The molecule has 0 saturated heterocycles. The van der Waals surface area contributed by atoms with E-state index >= 15 is 0 Å². The average Bonchev–Trinajstić information content (AvgIpc) is 3.32. The summed E-state index contributed by atoms with van der Waals surface area (Å²) in [4.78, 5) is 9.42. The van der Waals surface area contributed by atoms with E-state index in [1.807, 2.05) is 24.5 Å². The lowest BCUT2D eigenvalue weighted by molar-refractivity contribution is 1.17. The van der Waals surface area contributed by atoms with Crippen molar-refractivity contribution < 1.29 is 0 Å². The summed E-state index contributed by atoms with van der Waals surface area (Å²) in [6.07, 6.45) is 3.81. The first-order chi connectivity index (χ1) is 18.3. The third-order valence-corrected chi connectivity index (χ3v) is 6.90. The fourth-order valence-electron chi connectivity index (χ4n) is 5.11. The Morgan fingerprint density at radius 3 is 1.73 bits per heavy atom. The monoisotopic (exact) mass is 473 g/mol. The quantitative estimate of drug-likeness (QED) is 0.256. The molecule has 7 aromatic rings. The second kappa shape index (κ2) is 8.89. The van der Waals surface area contributed by atoms with Crippen molar-refractivity contribution in [2.24, 2.45) is 0 Å². The molecule has 0 aliphatic rings. The van der Waals surface area contributed by atoms with Crippen molar-refractivity contribution in [3.05, 3.63) is 140 Å². The van der Waals surface area contributed by atoms with E-state index in [1.165, 1.54) is 16.3 Å². The molecule has 3 heterocycles. The predicted molar refractivity (Wildman–Crippen MR) is 153 cm³/mol. The Kier molecular flexibility index (Phi) is 5.11. The summed E-state index contributed by atoms with van der Waals surface area (Å²) < 4.78 is 2.29. The van der Waals surface area contributed by atoms with Crippen LogP contribution in [-0.2, 0) is 0 Å². The van der Waals surface area contributed by atoms with Crippen LogP contribution in [0.4, 0.5) is 0 Å². The number of hydrogen-bond acceptors (Lipinski definition) is 2. The Hall–Kier alpha value is -5.02. The second-order valence-corrected chi connectivity index (χ2v) is 9.15. The number of aromatic nitrogens is 3. The van der Waals surface area contributed by atoms with Crippen molar-refractivity contribution in [2.75, 3.05) is 0 Å². The number of benzene rings is 4. The minimum atomic E-state index is 0.967. The Labute approximate surface area is 215 Å². The van der Waals surface area contributed by atoms with Crippen molar-refractivity contribution in [3.63, 3.8) is 0 Å².